The number of pyridine rings is 1. The second kappa shape index (κ2) is 7.59. The van der Waals surface area contributed by atoms with Crippen molar-refractivity contribution >= 4 is 52.3 Å². The van der Waals surface area contributed by atoms with E-state index in [1.807, 2.05) is 4.57 Å². The summed E-state index contributed by atoms with van der Waals surface area (Å²) >= 11 is 8.72. The summed E-state index contributed by atoms with van der Waals surface area (Å²) < 4.78 is 1.91. The van der Waals surface area contributed by atoms with Crippen molar-refractivity contribution in [2.45, 2.75) is 11.7 Å². The fraction of sp³-hybridized carbons (Fsp3) is 0.308. The van der Waals surface area contributed by atoms with E-state index >= 15 is 0 Å². The summed E-state index contributed by atoms with van der Waals surface area (Å²) in [5, 5.41) is 9.94. The van der Waals surface area contributed by atoms with Crippen molar-refractivity contribution in [1.29, 1.82) is 0 Å². The number of nitrogens with zero attached hydrogens (tertiary/aromatic N) is 3. The summed E-state index contributed by atoms with van der Waals surface area (Å²) in [5.41, 5.74) is 1.37. The quantitative estimate of drug-likeness (QED) is 0.474. The molecule has 0 saturated heterocycles. The highest BCUT2D eigenvalue weighted by Gasteiger charge is 2.14. The van der Waals surface area contributed by atoms with Gasteiger partial charge in [-0.1, -0.05) is 29.3 Å². The maximum Gasteiger partial charge on any atom is 0.313 e. The summed E-state index contributed by atoms with van der Waals surface area (Å²) in [6.07, 6.45) is 6.78. The van der Waals surface area contributed by atoms with E-state index in [1.165, 1.54) is 11.8 Å². The summed E-state index contributed by atoms with van der Waals surface area (Å²) in [6, 6.07) is 1.72. The molecule has 0 aromatic carbocycles. The Balaban J connectivity index is 2.26. The molecule has 2 aromatic heterocycles. The maximum absolute atomic E-state index is 10.7. The number of carboxylic acid groups (broad SMARTS) is 1. The topological polar surface area (TPSA) is 68.0 Å². The van der Waals surface area contributed by atoms with Crippen LogP contribution >= 0.6 is 35.1 Å². The Morgan fingerprint density at radius 1 is 1.57 bits per heavy atom. The molecule has 0 radical (unpaired) electrons. The number of thioether (sulfide) groups is 2. The van der Waals surface area contributed by atoms with Crippen molar-refractivity contribution in [3.8, 4) is 12.3 Å². The molecular weight excluding hydrogens is 330 g/mol. The number of aliphatic carboxylic acids is 1. The number of terminal acetylenes is 1. The van der Waals surface area contributed by atoms with Crippen molar-refractivity contribution in [3.63, 3.8) is 0 Å². The van der Waals surface area contributed by atoms with E-state index in [1.54, 1.807) is 24.0 Å². The highest BCUT2D eigenvalue weighted by Crippen LogP contribution is 2.25. The number of aromatic nitrogens is 3. The molecule has 0 aliphatic rings. The Morgan fingerprint density at radius 2 is 2.38 bits per heavy atom. The van der Waals surface area contributed by atoms with Crippen LogP contribution in [0, 0.1) is 12.3 Å². The molecule has 8 heteroatoms. The van der Waals surface area contributed by atoms with Crippen LogP contribution in [0.1, 0.15) is 0 Å². The van der Waals surface area contributed by atoms with Gasteiger partial charge in [0.2, 0.25) is 0 Å². The molecule has 0 aliphatic heterocycles. The monoisotopic (exact) mass is 341 g/mol. The number of halogens is 1. The van der Waals surface area contributed by atoms with E-state index < -0.39 is 5.97 Å². The third kappa shape index (κ3) is 4.30. The average molecular weight is 342 g/mol. The number of hydrogen-bond acceptors (Lipinski definition) is 5. The van der Waals surface area contributed by atoms with E-state index in [4.69, 9.17) is 23.1 Å². The molecule has 0 spiro atoms. The number of imidazole rings is 1. The zero-order chi connectivity index (χ0) is 15.2. The lowest BCUT2D eigenvalue weighted by atomic mass is 10.4. The van der Waals surface area contributed by atoms with Crippen molar-refractivity contribution in [2.75, 3.05) is 17.3 Å². The van der Waals surface area contributed by atoms with E-state index in [-0.39, 0.29) is 5.75 Å². The molecule has 5 nitrogen and oxygen atoms in total. The van der Waals surface area contributed by atoms with Crippen molar-refractivity contribution < 1.29 is 9.90 Å². The lowest BCUT2D eigenvalue weighted by molar-refractivity contribution is -0.133. The molecule has 2 aromatic rings. The standard InChI is InChI=1S/C13H12ClN3O2S2/c1-2-4-20-5-3-17-12-10(6-9(14)7-15-12)16-13(17)21-8-11(18)19/h1,6-7H,3-5,8H2,(H,18,19). The van der Waals surface area contributed by atoms with Gasteiger partial charge in [-0.25, -0.2) is 9.97 Å². The normalized spacial score (nSPS) is 10.7. The van der Waals surface area contributed by atoms with Crippen LogP contribution in [0.15, 0.2) is 17.4 Å². The van der Waals surface area contributed by atoms with Gasteiger partial charge >= 0.3 is 5.97 Å². The Bertz CT molecular complexity index is 697. The predicted octanol–water partition coefficient (Wildman–Crippen LogP) is 2.63. The van der Waals surface area contributed by atoms with E-state index in [0.29, 0.717) is 33.6 Å². The van der Waals surface area contributed by atoms with Crippen LogP contribution in [0.25, 0.3) is 11.2 Å². The fourth-order valence-electron chi connectivity index (χ4n) is 1.69. The van der Waals surface area contributed by atoms with E-state index in [9.17, 15) is 4.79 Å². The highest BCUT2D eigenvalue weighted by molar-refractivity contribution is 8.00. The molecule has 0 aliphatic carbocycles. The Morgan fingerprint density at radius 3 is 3.10 bits per heavy atom. The van der Waals surface area contributed by atoms with Gasteiger partial charge in [-0.15, -0.1) is 18.2 Å². The molecule has 110 valence electrons. The molecule has 2 rings (SSSR count). The highest BCUT2D eigenvalue weighted by atomic mass is 35.5. The van der Waals surface area contributed by atoms with Gasteiger partial charge < -0.3 is 9.67 Å². The molecular formula is C13H12ClN3O2S2. The molecule has 0 bridgehead atoms. The van der Waals surface area contributed by atoms with Gasteiger partial charge in [-0.3, -0.25) is 4.79 Å². The molecule has 0 fully saturated rings. The first-order chi connectivity index (χ1) is 10.1. The van der Waals surface area contributed by atoms with Gasteiger partial charge in [0.1, 0.15) is 5.52 Å². The van der Waals surface area contributed by atoms with Gasteiger partial charge in [-0.2, -0.15) is 0 Å². The summed E-state index contributed by atoms with van der Waals surface area (Å²) in [6.45, 7) is 0.666. The Hall–Kier alpha value is -1.36. The molecule has 21 heavy (non-hydrogen) atoms. The molecule has 0 unspecified atom stereocenters. The molecule has 0 saturated carbocycles. The Kier molecular flexibility index (Phi) is 5.79. The number of carboxylic acids is 1. The largest absolute Gasteiger partial charge is 0.481 e. The van der Waals surface area contributed by atoms with Crippen LogP contribution in [0.2, 0.25) is 5.02 Å². The minimum absolute atomic E-state index is 0.0471. The average Bonchev–Trinajstić information content (AvgIpc) is 2.78. The first-order valence-electron chi connectivity index (χ1n) is 5.99. The second-order valence-electron chi connectivity index (χ2n) is 3.98. The van der Waals surface area contributed by atoms with Crippen molar-refractivity contribution in [2.24, 2.45) is 0 Å². The third-order valence-electron chi connectivity index (χ3n) is 2.49. The number of fused-ring (bicyclic) bond motifs is 1. The van der Waals surface area contributed by atoms with Gasteiger partial charge in [-0.05, 0) is 6.07 Å². The lowest BCUT2D eigenvalue weighted by Crippen LogP contribution is -2.06. The first kappa shape index (κ1) is 16.0. The Labute approximate surface area is 135 Å². The summed E-state index contributed by atoms with van der Waals surface area (Å²) in [4.78, 5) is 19.4. The van der Waals surface area contributed by atoms with Gasteiger partial charge in [0.05, 0.1) is 16.5 Å². The van der Waals surface area contributed by atoms with Crippen LogP contribution in [0.5, 0.6) is 0 Å². The zero-order valence-electron chi connectivity index (χ0n) is 11.0. The fourth-order valence-corrected chi connectivity index (χ4v) is 3.17. The summed E-state index contributed by atoms with van der Waals surface area (Å²) in [7, 11) is 0. The number of carbonyl (C=O) groups is 1. The lowest BCUT2D eigenvalue weighted by Gasteiger charge is -2.06. The number of aryl methyl sites for hydroxylation is 1. The van der Waals surface area contributed by atoms with E-state index in [2.05, 4.69) is 15.9 Å². The second-order valence-corrected chi connectivity index (χ2v) is 6.47. The molecule has 1 N–H and O–H groups in total. The van der Waals surface area contributed by atoms with E-state index in [0.717, 1.165) is 5.75 Å². The van der Waals surface area contributed by atoms with Crippen molar-refractivity contribution in [1.82, 2.24) is 14.5 Å². The minimum atomic E-state index is -0.883. The summed E-state index contributed by atoms with van der Waals surface area (Å²) in [5.74, 6) is 3.09. The maximum atomic E-state index is 10.7. The SMILES string of the molecule is C#CCSCCn1c(SCC(=O)O)nc2cc(Cl)cnc21. The molecule has 2 heterocycles. The third-order valence-corrected chi connectivity index (χ3v) is 4.50. The van der Waals surface area contributed by atoms with Gasteiger partial charge in [0.25, 0.3) is 0 Å². The smallest absolute Gasteiger partial charge is 0.313 e. The number of rotatable bonds is 7. The predicted molar refractivity (Wildman–Crippen MR) is 87.1 cm³/mol. The number of hydrogen-bond donors (Lipinski definition) is 1. The van der Waals surface area contributed by atoms with Crippen LogP contribution < -0.4 is 0 Å². The van der Waals surface area contributed by atoms with Gasteiger partial charge in [0, 0.05) is 18.5 Å². The minimum Gasteiger partial charge on any atom is -0.481 e. The van der Waals surface area contributed by atoms with Crippen LogP contribution in [0.4, 0.5) is 0 Å². The zero-order valence-corrected chi connectivity index (χ0v) is 13.3. The van der Waals surface area contributed by atoms with Crippen molar-refractivity contribution in [3.05, 3.63) is 17.3 Å². The molecule has 0 atom stereocenters. The van der Waals surface area contributed by atoms with Crippen LogP contribution in [0.3, 0.4) is 0 Å². The van der Waals surface area contributed by atoms with Gasteiger partial charge in [0.15, 0.2) is 10.8 Å². The van der Waals surface area contributed by atoms with Crippen LogP contribution in [-0.2, 0) is 11.3 Å². The van der Waals surface area contributed by atoms with Crippen LogP contribution in [-0.4, -0.2) is 42.9 Å². The first-order valence-corrected chi connectivity index (χ1v) is 8.51. The molecule has 0 amide bonds.